The van der Waals surface area contributed by atoms with Gasteiger partial charge >= 0.3 is 5.97 Å². The fraction of sp³-hybridized carbons (Fsp3) is 0. The number of nitrogens with one attached hydrogen (secondary N) is 1. The molecule has 0 aliphatic carbocycles. The van der Waals surface area contributed by atoms with Crippen molar-refractivity contribution in [1.82, 2.24) is 0 Å². The third-order valence-corrected chi connectivity index (χ3v) is 2.75. The topological polar surface area (TPSA) is 118 Å². The number of carboxylic acid groups (broad SMARTS) is 1. The molecule has 2 aromatic carbocycles. The van der Waals surface area contributed by atoms with Crippen LogP contribution >= 0.6 is 0 Å². The summed E-state index contributed by atoms with van der Waals surface area (Å²) in [5, 5.41) is 22.4. The second-order valence-electron chi connectivity index (χ2n) is 4.10. The highest BCUT2D eigenvalue weighted by molar-refractivity contribution is 5.98. The SMILES string of the molecule is Nc1c([N+](=O)[O-])cc(C(=O)O)c(Nc2ccccc2)c1F. The van der Waals surface area contributed by atoms with E-state index in [0.29, 0.717) is 5.69 Å². The molecule has 7 nitrogen and oxygen atoms in total. The molecule has 108 valence electrons. The van der Waals surface area contributed by atoms with Gasteiger partial charge in [0, 0.05) is 11.8 Å². The lowest BCUT2D eigenvalue weighted by Gasteiger charge is -2.12. The van der Waals surface area contributed by atoms with E-state index in [1.165, 1.54) is 0 Å². The summed E-state index contributed by atoms with van der Waals surface area (Å²) in [5.41, 5.74) is 3.28. The number of nitrogens with zero attached hydrogens (tertiary/aromatic N) is 1. The Labute approximate surface area is 118 Å². The highest BCUT2D eigenvalue weighted by Crippen LogP contribution is 2.35. The van der Waals surface area contributed by atoms with Gasteiger partial charge in [0.1, 0.15) is 5.69 Å². The van der Waals surface area contributed by atoms with Gasteiger partial charge in [0.15, 0.2) is 5.82 Å². The number of carbonyl (C=O) groups is 1. The number of anilines is 3. The molecule has 0 atom stereocenters. The van der Waals surface area contributed by atoms with Crippen molar-refractivity contribution in [3.63, 3.8) is 0 Å². The number of nitro benzene ring substituents is 1. The zero-order chi connectivity index (χ0) is 15.6. The van der Waals surface area contributed by atoms with Gasteiger partial charge in [0.05, 0.1) is 16.2 Å². The lowest BCUT2D eigenvalue weighted by atomic mass is 10.1. The summed E-state index contributed by atoms with van der Waals surface area (Å²) in [6, 6.07) is 8.95. The summed E-state index contributed by atoms with van der Waals surface area (Å²) in [6.07, 6.45) is 0. The number of para-hydroxylation sites is 1. The van der Waals surface area contributed by atoms with Crippen molar-refractivity contribution in [1.29, 1.82) is 0 Å². The maximum atomic E-state index is 14.2. The standard InChI is InChI=1S/C13H10FN3O4/c14-10-11(15)9(17(20)21)6-8(13(18)19)12(10)16-7-4-2-1-3-5-7/h1-6,16H,15H2,(H,18,19). The second-order valence-corrected chi connectivity index (χ2v) is 4.10. The number of benzene rings is 2. The molecular formula is C13H10FN3O4. The van der Waals surface area contributed by atoms with E-state index in [0.717, 1.165) is 6.07 Å². The van der Waals surface area contributed by atoms with E-state index in [9.17, 15) is 19.3 Å². The number of hydrogen-bond donors (Lipinski definition) is 3. The molecule has 0 heterocycles. The van der Waals surface area contributed by atoms with Crippen LogP contribution in [0.5, 0.6) is 0 Å². The molecule has 0 saturated carbocycles. The summed E-state index contributed by atoms with van der Waals surface area (Å²) >= 11 is 0. The lowest BCUT2D eigenvalue weighted by molar-refractivity contribution is -0.384. The predicted octanol–water partition coefficient (Wildman–Crippen LogP) is 2.76. The minimum atomic E-state index is -1.50. The number of rotatable bonds is 4. The van der Waals surface area contributed by atoms with E-state index in [4.69, 9.17) is 10.8 Å². The van der Waals surface area contributed by atoms with Crippen LogP contribution in [0.1, 0.15) is 10.4 Å². The number of hydrogen-bond acceptors (Lipinski definition) is 5. The van der Waals surface area contributed by atoms with E-state index in [1.807, 2.05) is 0 Å². The molecular weight excluding hydrogens is 281 g/mol. The van der Waals surface area contributed by atoms with Gasteiger partial charge in [-0.2, -0.15) is 0 Å². The number of carboxylic acids is 1. The van der Waals surface area contributed by atoms with Crippen LogP contribution in [0.2, 0.25) is 0 Å². The molecule has 0 radical (unpaired) electrons. The summed E-state index contributed by atoms with van der Waals surface area (Å²) in [6.45, 7) is 0. The first kappa shape index (κ1) is 14.3. The second kappa shape index (κ2) is 5.45. The van der Waals surface area contributed by atoms with Gasteiger partial charge in [0.2, 0.25) is 0 Å². The minimum absolute atomic E-state index is 0.420. The van der Waals surface area contributed by atoms with Gasteiger partial charge in [-0.25, -0.2) is 9.18 Å². The van der Waals surface area contributed by atoms with E-state index in [-0.39, 0.29) is 0 Å². The summed E-state index contributed by atoms with van der Waals surface area (Å²) in [5.74, 6) is -2.68. The van der Waals surface area contributed by atoms with E-state index < -0.39 is 39.3 Å². The van der Waals surface area contributed by atoms with Crippen LogP contribution in [0.25, 0.3) is 0 Å². The molecule has 8 heteroatoms. The summed E-state index contributed by atoms with van der Waals surface area (Å²) in [4.78, 5) is 21.0. The number of nitrogen functional groups attached to an aromatic ring is 1. The van der Waals surface area contributed by atoms with E-state index in [2.05, 4.69) is 5.32 Å². The van der Waals surface area contributed by atoms with Crippen molar-refractivity contribution in [3.8, 4) is 0 Å². The Balaban J connectivity index is 2.61. The lowest BCUT2D eigenvalue weighted by Crippen LogP contribution is -2.09. The summed E-state index contributed by atoms with van der Waals surface area (Å²) in [7, 11) is 0. The van der Waals surface area contributed by atoms with Gasteiger partial charge in [0.25, 0.3) is 5.69 Å². The minimum Gasteiger partial charge on any atom is -0.478 e. The largest absolute Gasteiger partial charge is 0.478 e. The van der Waals surface area contributed by atoms with Gasteiger partial charge in [-0.15, -0.1) is 0 Å². The Morgan fingerprint density at radius 2 is 1.95 bits per heavy atom. The summed E-state index contributed by atoms with van der Waals surface area (Å²) < 4.78 is 14.2. The molecule has 0 fully saturated rings. The quantitative estimate of drug-likeness (QED) is 0.452. The first-order valence-electron chi connectivity index (χ1n) is 5.73. The molecule has 0 spiro atoms. The molecule has 0 aromatic heterocycles. The molecule has 21 heavy (non-hydrogen) atoms. The van der Waals surface area contributed by atoms with Gasteiger partial charge < -0.3 is 16.2 Å². The maximum absolute atomic E-state index is 14.2. The van der Waals surface area contributed by atoms with Crippen LogP contribution in [-0.4, -0.2) is 16.0 Å². The van der Waals surface area contributed by atoms with Crippen LogP contribution in [-0.2, 0) is 0 Å². The molecule has 4 N–H and O–H groups in total. The van der Waals surface area contributed by atoms with Gasteiger partial charge in [-0.05, 0) is 12.1 Å². The first-order valence-corrected chi connectivity index (χ1v) is 5.73. The Hall–Kier alpha value is -3.16. The zero-order valence-electron chi connectivity index (χ0n) is 10.5. The van der Waals surface area contributed by atoms with E-state index in [1.54, 1.807) is 30.3 Å². The molecule has 0 bridgehead atoms. The fourth-order valence-corrected chi connectivity index (χ4v) is 1.76. The monoisotopic (exact) mass is 291 g/mol. The molecule has 0 aliphatic heterocycles. The van der Waals surface area contributed by atoms with E-state index >= 15 is 0 Å². The van der Waals surface area contributed by atoms with Crippen LogP contribution in [0.15, 0.2) is 36.4 Å². The zero-order valence-corrected chi connectivity index (χ0v) is 10.5. The van der Waals surface area contributed by atoms with Crippen molar-refractivity contribution in [2.24, 2.45) is 0 Å². The highest BCUT2D eigenvalue weighted by atomic mass is 19.1. The average molecular weight is 291 g/mol. The normalized spacial score (nSPS) is 10.1. The average Bonchev–Trinajstić information content (AvgIpc) is 2.44. The third kappa shape index (κ3) is 2.73. The molecule has 2 aromatic rings. The van der Waals surface area contributed by atoms with Crippen LogP contribution in [0.4, 0.5) is 27.1 Å². The van der Waals surface area contributed by atoms with Gasteiger partial charge in [-0.1, -0.05) is 18.2 Å². The van der Waals surface area contributed by atoms with Crippen molar-refractivity contribution >= 4 is 28.7 Å². The Kier molecular flexibility index (Phi) is 3.70. The smallest absolute Gasteiger partial charge is 0.338 e. The van der Waals surface area contributed by atoms with Gasteiger partial charge in [-0.3, -0.25) is 10.1 Å². The maximum Gasteiger partial charge on any atom is 0.338 e. The van der Waals surface area contributed by atoms with Crippen molar-refractivity contribution in [2.45, 2.75) is 0 Å². The highest BCUT2D eigenvalue weighted by Gasteiger charge is 2.26. The Morgan fingerprint density at radius 1 is 1.33 bits per heavy atom. The van der Waals surface area contributed by atoms with Crippen molar-refractivity contribution in [2.75, 3.05) is 11.1 Å². The molecule has 0 unspecified atom stereocenters. The Bertz CT molecular complexity index is 719. The van der Waals surface area contributed by atoms with Crippen LogP contribution in [0.3, 0.4) is 0 Å². The van der Waals surface area contributed by atoms with Crippen LogP contribution < -0.4 is 11.1 Å². The fourth-order valence-electron chi connectivity index (χ4n) is 1.76. The molecule has 0 aliphatic rings. The predicted molar refractivity (Wildman–Crippen MR) is 74.2 cm³/mol. The molecule has 0 saturated heterocycles. The number of aromatic carboxylic acids is 1. The Morgan fingerprint density at radius 3 is 2.48 bits per heavy atom. The number of nitrogens with two attached hydrogens (primary N) is 1. The molecule has 2 rings (SSSR count). The third-order valence-electron chi connectivity index (χ3n) is 2.75. The first-order chi connectivity index (χ1) is 9.91. The number of nitro groups is 1. The molecule has 0 amide bonds. The number of halogens is 1. The van der Waals surface area contributed by atoms with Crippen molar-refractivity contribution < 1.29 is 19.2 Å². The van der Waals surface area contributed by atoms with Crippen molar-refractivity contribution in [3.05, 3.63) is 57.9 Å². The van der Waals surface area contributed by atoms with Crippen LogP contribution in [0, 0.1) is 15.9 Å².